The predicted molar refractivity (Wildman–Crippen MR) is 115 cm³/mol. The summed E-state index contributed by atoms with van der Waals surface area (Å²) in [5.41, 5.74) is 1.07. The Kier molecular flexibility index (Phi) is 6.31. The van der Waals surface area contributed by atoms with Gasteiger partial charge in [-0.25, -0.2) is 13.2 Å². The van der Waals surface area contributed by atoms with E-state index < -0.39 is 16.0 Å². The second kappa shape index (κ2) is 8.75. The number of thiophene rings is 1. The molecule has 0 aliphatic heterocycles. The van der Waals surface area contributed by atoms with Crippen LogP contribution in [0.2, 0.25) is 4.34 Å². The van der Waals surface area contributed by atoms with Crippen LogP contribution in [0.4, 0.5) is 5.69 Å². The molecule has 0 amide bonds. The third-order valence-corrected chi connectivity index (χ3v) is 6.76. The standard InChI is InChI=1S/C20H15ClN2O5S2/c1-27-16-6-4-13(20(24)28-2)10-18(16)30(25,26)23-15-9-12(11-22)3-5-14(15)17-7-8-19(21)29-17/h3-10,23H,1-2H3. The van der Waals surface area contributed by atoms with E-state index in [-0.39, 0.29) is 27.5 Å². The van der Waals surface area contributed by atoms with E-state index in [9.17, 15) is 18.5 Å². The Morgan fingerprint density at radius 3 is 2.50 bits per heavy atom. The number of carbonyl (C=O) groups is 1. The van der Waals surface area contributed by atoms with Crippen LogP contribution in [0.1, 0.15) is 15.9 Å². The maximum absolute atomic E-state index is 13.2. The maximum atomic E-state index is 13.2. The van der Waals surface area contributed by atoms with Gasteiger partial charge >= 0.3 is 5.97 Å². The van der Waals surface area contributed by atoms with Crippen molar-refractivity contribution >= 4 is 44.6 Å². The number of rotatable bonds is 6. The topological polar surface area (TPSA) is 105 Å². The fourth-order valence-electron chi connectivity index (χ4n) is 2.70. The summed E-state index contributed by atoms with van der Waals surface area (Å²) >= 11 is 7.29. The fourth-order valence-corrected chi connectivity index (χ4v) is 5.05. The molecule has 0 saturated carbocycles. The summed E-state index contributed by atoms with van der Waals surface area (Å²) in [6.45, 7) is 0. The number of methoxy groups -OCH3 is 2. The minimum absolute atomic E-state index is 0.0484. The van der Waals surface area contributed by atoms with Crippen LogP contribution >= 0.6 is 22.9 Å². The lowest BCUT2D eigenvalue weighted by Crippen LogP contribution is -2.16. The van der Waals surface area contributed by atoms with Crippen LogP contribution in [0.5, 0.6) is 5.75 Å². The minimum Gasteiger partial charge on any atom is -0.495 e. The summed E-state index contributed by atoms with van der Waals surface area (Å²) in [4.78, 5) is 12.3. The first-order valence-electron chi connectivity index (χ1n) is 8.38. The number of nitriles is 1. The summed E-state index contributed by atoms with van der Waals surface area (Å²) in [6.07, 6.45) is 0. The van der Waals surface area contributed by atoms with E-state index in [2.05, 4.69) is 9.46 Å². The monoisotopic (exact) mass is 462 g/mol. The smallest absolute Gasteiger partial charge is 0.337 e. The van der Waals surface area contributed by atoms with Gasteiger partial charge in [-0.3, -0.25) is 4.72 Å². The van der Waals surface area contributed by atoms with Crippen LogP contribution in [0.25, 0.3) is 10.4 Å². The van der Waals surface area contributed by atoms with E-state index in [0.29, 0.717) is 9.90 Å². The first-order valence-corrected chi connectivity index (χ1v) is 11.1. The molecule has 0 fully saturated rings. The molecule has 0 radical (unpaired) electrons. The number of carbonyl (C=O) groups excluding carboxylic acids is 1. The van der Waals surface area contributed by atoms with Crippen molar-refractivity contribution in [3.63, 3.8) is 0 Å². The highest BCUT2D eigenvalue weighted by Gasteiger charge is 2.24. The van der Waals surface area contributed by atoms with Crippen LogP contribution in [-0.4, -0.2) is 28.6 Å². The zero-order valence-corrected chi connectivity index (χ0v) is 18.2. The molecule has 7 nitrogen and oxygen atoms in total. The van der Waals surface area contributed by atoms with Gasteiger partial charge in [-0.15, -0.1) is 11.3 Å². The average molecular weight is 463 g/mol. The Hall–Kier alpha value is -3.06. The molecular weight excluding hydrogens is 448 g/mol. The predicted octanol–water partition coefficient (Wildman–Crippen LogP) is 4.54. The van der Waals surface area contributed by atoms with Crippen LogP contribution in [0, 0.1) is 11.3 Å². The van der Waals surface area contributed by atoms with Crippen molar-refractivity contribution in [3.05, 3.63) is 64.0 Å². The molecule has 0 spiro atoms. The van der Waals surface area contributed by atoms with Crippen molar-refractivity contribution in [2.45, 2.75) is 4.90 Å². The lowest BCUT2D eigenvalue weighted by Gasteiger charge is -2.15. The number of benzene rings is 2. The Morgan fingerprint density at radius 2 is 1.90 bits per heavy atom. The van der Waals surface area contributed by atoms with E-state index >= 15 is 0 Å². The van der Waals surface area contributed by atoms with Crippen LogP contribution in [-0.2, 0) is 14.8 Å². The second-order valence-corrected chi connectivity index (χ2v) is 9.30. The molecular formula is C20H15ClN2O5S2. The molecule has 0 unspecified atom stereocenters. The molecule has 2 aromatic carbocycles. The van der Waals surface area contributed by atoms with E-state index in [4.69, 9.17) is 16.3 Å². The van der Waals surface area contributed by atoms with Crippen LogP contribution < -0.4 is 9.46 Å². The normalized spacial score (nSPS) is 10.9. The van der Waals surface area contributed by atoms with E-state index in [1.165, 1.54) is 49.8 Å². The highest BCUT2D eigenvalue weighted by atomic mass is 35.5. The van der Waals surface area contributed by atoms with Gasteiger partial charge in [0.05, 0.1) is 41.4 Å². The zero-order valence-electron chi connectivity index (χ0n) is 15.8. The Morgan fingerprint density at radius 1 is 1.13 bits per heavy atom. The molecule has 3 rings (SSSR count). The number of hydrogen-bond donors (Lipinski definition) is 1. The fraction of sp³-hybridized carbons (Fsp3) is 0.100. The van der Waals surface area contributed by atoms with Crippen molar-refractivity contribution < 1.29 is 22.7 Å². The molecule has 0 bridgehead atoms. The summed E-state index contributed by atoms with van der Waals surface area (Å²) in [6, 6.07) is 14.0. The third-order valence-electron chi connectivity index (χ3n) is 4.11. The highest BCUT2D eigenvalue weighted by Crippen LogP contribution is 2.37. The van der Waals surface area contributed by atoms with Crippen LogP contribution in [0.15, 0.2) is 53.4 Å². The van der Waals surface area contributed by atoms with Gasteiger partial charge in [-0.05, 0) is 42.5 Å². The second-order valence-electron chi connectivity index (χ2n) is 5.94. The third kappa shape index (κ3) is 4.41. The van der Waals surface area contributed by atoms with Crippen molar-refractivity contribution in [2.24, 2.45) is 0 Å². The summed E-state index contributed by atoms with van der Waals surface area (Å²) in [5.74, 6) is -0.637. The largest absolute Gasteiger partial charge is 0.495 e. The number of hydrogen-bond acceptors (Lipinski definition) is 7. The molecule has 0 aliphatic rings. The van der Waals surface area contributed by atoms with Gasteiger partial charge in [0.1, 0.15) is 10.6 Å². The van der Waals surface area contributed by atoms with Gasteiger partial charge in [-0.1, -0.05) is 17.7 Å². The number of halogens is 1. The molecule has 3 aromatic rings. The van der Waals surface area contributed by atoms with Crippen molar-refractivity contribution in [3.8, 4) is 22.3 Å². The molecule has 0 saturated heterocycles. The van der Waals surface area contributed by atoms with E-state index in [1.807, 2.05) is 6.07 Å². The quantitative estimate of drug-likeness (QED) is 0.539. The number of nitrogens with one attached hydrogen (secondary N) is 1. The minimum atomic E-state index is -4.19. The van der Waals surface area contributed by atoms with Gasteiger partial charge in [0.2, 0.25) is 0 Å². The highest BCUT2D eigenvalue weighted by molar-refractivity contribution is 7.92. The molecule has 154 valence electrons. The molecule has 10 heteroatoms. The molecule has 30 heavy (non-hydrogen) atoms. The lowest BCUT2D eigenvalue weighted by molar-refractivity contribution is 0.0600. The maximum Gasteiger partial charge on any atom is 0.337 e. The van der Waals surface area contributed by atoms with Crippen LogP contribution in [0.3, 0.4) is 0 Å². The van der Waals surface area contributed by atoms with Gasteiger partial charge in [0.15, 0.2) is 0 Å². The summed E-state index contributed by atoms with van der Waals surface area (Å²) in [5, 5.41) is 9.23. The number of sulfonamides is 1. The van der Waals surface area contributed by atoms with E-state index in [0.717, 1.165) is 4.88 Å². The SMILES string of the molecule is COC(=O)c1ccc(OC)c(S(=O)(=O)Nc2cc(C#N)ccc2-c2ccc(Cl)s2)c1. The molecule has 0 atom stereocenters. The van der Waals surface area contributed by atoms with Crippen molar-refractivity contribution in [1.82, 2.24) is 0 Å². The molecule has 1 heterocycles. The Labute approximate surface area is 182 Å². The number of esters is 1. The zero-order chi connectivity index (χ0) is 21.9. The Balaban J connectivity index is 2.12. The average Bonchev–Trinajstić information content (AvgIpc) is 3.18. The molecule has 1 N–H and O–H groups in total. The van der Waals surface area contributed by atoms with Gasteiger partial charge in [0.25, 0.3) is 10.0 Å². The molecule has 1 aromatic heterocycles. The first kappa shape index (κ1) is 21.6. The van der Waals surface area contributed by atoms with Gasteiger partial charge < -0.3 is 9.47 Å². The number of ether oxygens (including phenoxy) is 2. The van der Waals surface area contributed by atoms with Crippen molar-refractivity contribution in [2.75, 3.05) is 18.9 Å². The number of anilines is 1. The Bertz CT molecular complexity index is 1260. The summed E-state index contributed by atoms with van der Waals surface area (Å²) < 4.78 is 39.2. The first-order chi connectivity index (χ1) is 14.3. The van der Waals surface area contributed by atoms with Gasteiger partial charge in [0, 0.05) is 10.4 Å². The molecule has 0 aliphatic carbocycles. The van der Waals surface area contributed by atoms with E-state index in [1.54, 1.807) is 24.3 Å². The van der Waals surface area contributed by atoms with Crippen molar-refractivity contribution in [1.29, 1.82) is 5.26 Å². The van der Waals surface area contributed by atoms with Gasteiger partial charge in [-0.2, -0.15) is 5.26 Å². The number of nitrogens with zero attached hydrogens (tertiary/aromatic N) is 1. The summed E-state index contributed by atoms with van der Waals surface area (Å²) in [7, 11) is -1.67. The lowest BCUT2D eigenvalue weighted by atomic mass is 10.1.